The molecule has 0 spiro atoms. The number of aryl methyl sites for hydroxylation is 1. The molecule has 1 rings (SSSR count). The van der Waals surface area contributed by atoms with Crippen molar-refractivity contribution in [1.82, 2.24) is 4.98 Å². The summed E-state index contributed by atoms with van der Waals surface area (Å²) < 4.78 is 42.0. The Bertz CT molecular complexity index is 336. The van der Waals surface area contributed by atoms with Crippen LogP contribution in [-0.2, 0) is 12.6 Å². The van der Waals surface area contributed by atoms with Crippen molar-refractivity contribution in [1.29, 1.82) is 0 Å². The van der Waals surface area contributed by atoms with E-state index in [1.165, 1.54) is 7.11 Å². The van der Waals surface area contributed by atoms with Crippen LogP contribution in [0.4, 0.5) is 13.2 Å². The second-order valence-electron chi connectivity index (χ2n) is 3.13. The number of alkyl halides is 3. The number of hydrogen-bond donors (Lipinski definition) is 0. The Morgan fingerprint density at radius 3 is 2.53 bits per heavy atom. The van der Waals surface area contributed by atoms with Crippen molar-refractivity contribution in [2.45, 2.75) is 25.9 Å². The topological polar surface area (TPSA) is 22.1 Å². The van der Waals surface area contributed by atoms with Crippen LogP contribution >= 0.6 is 0 Å². The smallest absolute Gasteiger partial charge is 0.433 e. The van der Waals surface area contributed by atoms with Crippen LogP contribution in [0.3, 0.4) is 0 Å². The van der Waals surface area contributed by atoms with E-state index in [-0.39, 0.29) is 0 Å². The van der Waals surface area contributed by atoms with Gasteiger partial charge in [-0.15, -0.1) is 0 Å². The monoisotopic (exact) mass is 219 g/mol. The maximum Gasteiger partial charge on any atom is 0.433 e. The molecule has 0 aliphatic heterocycles. The second kappa shape index (κ2) is 4.51. The van der Waals surface area contributed by atoms with Crippen LogP contribution in [0.2, 0.25) is 0 Å². The highest BCUT2D eigenvalue weighted by molar-refractivity contribution is 5.33. The molecule has 15 heavy (non-hydrogen) atoms. The maximum absolute atomic E-state index is 12.3. The fourth-order valence-corrected chi connectivity index (χ4v) is 1.29. The summed E-state index contributed by atoms with van der Waals surface area (Å²) >= 11 is 0. The van der Waals surface area contributed by atoms with Crippen LogP contribution in [0.5, 0.6) is 5.75 Å². The van der Waals surface area contributed by atoms with Crippen molar-refractivity contribution in [3.05, 3.63) is 23.5 Å². The van der Waals surface area contributed by atoms with Crippen LogP contribution < -0.4 is 4.74 Å². The molecule has 0 aromatic carbocycles. The van der Waals surface area contributed by atoms with Gasteiger partial charge in [-0.3, -0.25) is 0 Å². The average Bonchev–Trinajstić information content (AvgIpc) is 2.17. The van der Waals surface area contributed by atoms with Gasteiger partial charge in [0.1, 0.15) is 11.4 Å². The Balaban J connectivity index is 3.10. The first-order valence-electron chi connectivity index (χ1n) is 4.59. The van der Waals surface area contributed by atoms with Gasteiger partial charge in [-0.05, 0) is 18.1 Å². The van der Waals surface area contributed by atoms with Gasteiger partial charge in [-0.25, -0.2) is 4.98 Å². The number of ether oxygens (including phenoxy) is 1. The van der Waals surface area contributed by atoms with Crippen LogP contribution in [-0.4, -0.2) is 12.1 Å². The molecule has 0 fully saturated rings. The number of pyridine rings is 1. The van der Waals surface area contributed by atoms with Gasteiger partial charge in [0.25, 0.3) is 0 Å². The summed E-state index contributed by atoms with van der Waals surface area (Å²) in [5.74, 6) is 0.407. The number of rotatable bonds is 3. The number of nitrogens with zero attached hydrogens (tertiary/aromatic N) is 1. The van der Waals surface area contributed by atoms with Crippen molar-refractivity contribution in [3.8, 4) is 5.75 Å². The summed E-state index contributed by atoms with van der Waals surface area (Å²) in [6.07, 6.45) is -1.96. The lowest BCUT2D eigenvalue weighted by atomic mass is 10.1. The van der Waals surface area contributed by atoms with Gasteiger partial charge in [-0.2, -0.15) is 13.2 Å². The van der Waals surface area contributed by atoms with Gasteiger partial charge in [0.2, 0.25) is 0 Å². The molecule has 0 unspecified atom stereocenters. The zero-order valence-corrected chi connectivity index (χ0v) is 8.56. The second-order valence-corrected chi connectivity index (χ2v) is 3.13. The van der Waals surface area contributed by atoms with Crippen LogP contribution in [0.15, 0.2) is 12.3 Å². The summed E-state index contributed by atoms with van der Waals surface area (Å²) in [4.78, 5) is 3.31. The summed E-state index contributed by atoms with van der Waals surface area (Å²) in [6, 6.07) is 1.04. The van der Waals surface area contributed by atoms with E-state index < -0.39 is 11.9 Å². The van der Waals surface area contributed by atoms with E-state index in [4.69, 9.17) is 4.74 Å². The molecule has 0 amide bonds. The lowest BCUT2D eigenvalue weighted by Gasteiger charge is -2.10. The van der Waals surface area contributed by atoms with E-state index >= 15 is 0 Å². The third kappa shape index (κ3) is 2.84. The van der Waals surface area contributed by atoms with E-state index in [1.54, 1.807) is 0 Å². The van der Waals surface area contributed by atoms with Gasteiger partial charge in [0.05, 0.1) is 13.3 Å². The van der Waals surface area contributed by atoms with E-state index in [2.05, 4.69) is 4.98 Å². The molecule has 0 bridgehead atoms. The van der Waals surface area contributed by atoms with Crippen molar-refractivity contribution >= 4 is 0 Å². The van der Waals surface area contributed by atoms with Crippen LogP contribution in [0.1, 0.15) is 24.6 Å². The predicted molar refractivity (Wildman–Crippen MR) is 49.8 cm³/mol. The van der Waals surface area contributed by atoms with Crippen LogP contribution in [0, 0.1) is 0 Å². The molecule has 0 radical (unpaired) electrons. The minimum atomic E-state index is -4.39. The summed E-state index contributed by atoms with van der Waals surface area (Å²) in [6.45, 7) is 1.90. The molecule has 1 aromatic heterocycles. The molecule has 2 nitrogen and oxygen atoms in total. The molecule has 0 aliphatic rings. The summed E-state index contributed by atoms with van der Waals surface area (Å²) in [5.41, 5.74) is -0.325. The molecule has 5 heteroatoms. The zero-order valence-electron chi connectivity index (χ0n) is 8.56. The molecule has 0 N–H and O–H groups in total. The van der Waals surface area contributed by atoms with Gasteiger partial charge in [0, 0.05) is 0 Å². The number of aromatic nitrogens is 1. The molecule has 84 valence electrons. The third-order valence-corrected chi connectivity index (χ3v) is 1.98. The highest BCUT2D eigenvalue weighted by Gasteiger charge is 2.32. The largest absolute Gasteiger partial charge is 0.495 e. The summed E-state index contributed by atoms with van der Waals surface area (Å²) in [5, 5.41) is 0. The minimum absolute atomic E-state index is 0.407. The number of halogens is 3. The number of hydrogen-bond acceptors (Lipinski definition) is 2. The lowest BCUT2D eigenvalue weighted by molar-refractivity contribution is -0.141. The Morgan fingerprint density at radius 2 is 2.07 bits per heavy atom. The Hall–Kier alpha value is -1.26. The third-order valence-electron chi connectivity index (χ3n) is 1.98. The Morgan fingerprint density at radius 1 is 1.40 bits per heavy atom. The molecule has 0 saturated carbocycles. The molecular weight excluding hydrogens is 207 g/mol. The van der Waals surface area contributed by atoms with E-state index in [0.717, 1.165) is 18.7 Å². The van der Waals surface area contributed by atoms with E-state index in [9.17, 15) is 13.2 Å². The quantitative estimate of drug-likeness (QED) is 0.779. The fourth-order valence-electron chi connectivity index (χ4n) is 1.29. The van der Waals surface area contributed by atoms with E-state index in [0.29, 0.717) is 17.7 Å². The highest BCUT2D eigenvalue weighted by atomic mass is 19.4. The van der Waals surface area contributed by atoms with Gasteiger partial charge >= 0.3 is 6.18 Å². The van der Waals surface area contributed by atoms with Crippen molar-refractivity contribution < 1.29 is 17.9 Å². The molecule has 0 saturated heterocycles. The van der Waals surface area contributed by atoms with Crippen molar-refractivity contribution in [2.24, 2.45) is 0 Å². The average molecular weight is 219 g/mol. The first-order chi connectivity index (χ1) is 6.99. The van der Waals surface area contributed by atoms with Crippen LogP contribution in [0.25, 0.3) is 0 Å². The zero-order chi connectivity index (χ0) is 11.5. The minimum Gasteiger partial charge on any atom is -0.495 e. The van der Waals surface area contributed by atoms with Gasteiger partial charge < -0.3 is 4.74 Å². The molecule has 0 aliphatic carbocycles. The maximum atomic E-state index is 12.3. The SMILES string of the molecule is CCCc1cc(C(F)(F)F)ncc1OC. The molecular formula is C10H12F3NO. The molecule has 1 heterocycles. The molecule has 0 atom stereocenters. The van der Waals surface area contributed by atoms with Gasteiger partial charge in [-0.1, -0.05) is 13.3 Å². The Kier molecular flexibility index (Phi) is 3.55. The van der Waals surface area contributed by atoms with Crippen molar-refractivity contribution in [2.75, 3.05) is 7.11 Å². The van der Waals surface area contributed by atoms with Gasteiger partial charge in [0.15, 0.2) is 0 Å². The molecule has 1 aromatic rings. The summed E-state index contributed by atoms with van der Waals surface area (Å²) in [7, 11) is 1.42. The van der Waals surface area contributed by atoms with Crippen molar-refractivity contribution in [3.63, 3.8) is 0 Å². The first kappa shape index (κ1) is 11.8. The lowest BCUT2D eigenvalue weighted by Crippen LogP contribution is -2.09. The fraction of sp³-hybridized carbons (Fsp3) is 0.500. The highest BCUT2D eigenvalue weighted by Crippen LogP contribution is 2.30. The predicted octanol–water partition coefficient (Wildman–Crippen LogP) is 3.06. The standard InChI is InChI=1S/C10H12F3NO/c1-3-4-7-5-9(10(11,12)13)14-6-8(7)15-2/h5-6H,3-4H2,1-2H3. The normalized spacial score (nSPS) is 11.5. The number of methoxy groups -OCH3 is 1. The Labute approximate surface area is 86.1 Å². The first-order valence-corrected chi connectivity index (χ1v) is 4.59. The van der Waals surface area contributed by atoms with E-state index in [1.807, 2.05) is 6.92 Å².